The minimum atomic E-state index is -0.911. The molecule has 0 aliphatic heterocycles. The molecule has 0 aliphatic rings. The molecule has 10 nitrogen and oxygen atoms in total. The van der Waals surface area contributed by atoms with Gasteiger partial charge in [0.15, 0.2) is 11.6 Å². The zero-order valence-electron chi connectivity index (χ0n) is 22.3. The second-order valence-electron chi connectivity index (χ2n) is 8.85. The van der Waals surface area contributed by atoms with Gasteiger partial charge in [0.2, 0.25) is 0 Å². The van der Waals surface area contributed by atoms with E-state index in [1.54, 1.807) is 54.9 Å². The molecule has 0 fully saturated rings. The molecule has 0 radical (unpaired) electrons. The predicted octanol–water partition coefficient (Wildman–Crippen LogP) is 5.11. The number of rotatable bonds is 9. The second-order valence-corrected chi connectivity index (χ2v) is 10.7. The van der Waals surface area contributed by atoms with Crippen LogP contribution < -0.4 is 15.6 Å². The van der Waals surface area contributed by atoms with Crippen LogP contribution in [-0.2, 0) is 22.6 Å². The molecule has 42 heavy (non-hydrogen) atoms. The molecule has 5 rings (SSSR count). The standard InChI is InChI=1S/C29H23ClFN5O5S/c1-40-22-6-4-3-5-20(22)29(39)36-28(33-15-19-7-8-23(30)42-19)26(31)27(34-36)21-13-18(17-9-11-32-12-10-17)14-24(37)35(21)16-25(38)41-2/h3-14,33H,15-16H2,1-2H3. The number of halogens is 2. The molecule has 0 spiro atoms. The minimum absolute atomic E-state index is 0.0361. The van der Waals surface area contributed by atoms with E-state index < -0.39 is 29.8 Å². The number of esters is 1. The van der Waals surface area contributed by atoms with Crippen LogP contribution in [0.5, 0.6) is 5.75 Å². The van der Waals surface area contributed by atoms with Gasteiger partial charge in [-0.2, -0.15) is 9.78 Å². The van der Waals surface area contributed by atoms with Crippen molar-refractivity contribution in [3.05, 3.63) is 104 Å². The molecule has 1 aromatic carbocycles. The van der Waals surface area contributed by atoms with Crippen LogP contribution in [0.15, 0.2) is 77.9 Å². The summed E-state index contributed by atoms with van der Waals surface area (Å²) in [7, 11) is 2.59. The fraction of sp³-hybridized carbons (Fsp3) is 0.138. The van der Waals surface area contributed by atoms with Gasteiger partial charge in [-0.3, -0.25) is 23.9 Å². The van der Waals surface area contributed by atoms with Gasteiger partial charge in [-0.25, -0.2) is 4.39 Å². The molecule has 0 unspecified atom stereocenters. The highest BCUT2D eigenvalue weighted by atomic mass is 35.5. The van der Waals surface area contributed by atoms with Gasteiger partial charge in [0, 0.05) is 23.3 Å². The summed E-state index contributed by atoms with van der Waals surface area (Å²) in [6, 6.07) is 16.1. The maximum Gasteiger partial charge on any atom is 0.325 e. The molecule has 0 atom stereocenters. The number of hydrogen-bond acceptors (Lipinski definition) is 9. The molecule has 214 valence electrons. The summed E-state index contributed by atoms with van der Waals surface area (Å²) < 4.78 is 29.0. The van der Waals surface area contributed by atoms with Crippen molar-refractivity contribution >= 4 is 40.6 Å². The lowest BCUT2D eigenvalue weighted by atomic mass is 10.1. The monoisotopic (exact) mass is 607 g/mol. The van der Waals surface area contributed by atoms with E-state index in [0.29, 0.717) is 15.5 Å². The Labute approximate surface area is 247 Å². The van der Waals surface area contributed by atoms with E-state index in [1.165, 1.54) is 43.8 Å². The van der Waals surface area contributed by atoms with Gasteiger partial charge in [-0.1, -0.05) is 23.7 Å². The smallest absolute Gasteiger partial charge is 0.325 e. The fourth-order valence-electron chi connectivity index (χ4n) is 4.28. The first-order chi connectivity index (χ1) is 20.3. The van der Waals surface area contributed by atoms with Gasteiger partial charge < -0.3 is 14.8 Å². The van der Waals surface area contributed by atoms with Gasteiger partial charge in [-0.15, -0.1) is 11.3 Å². The SMILES string of the molecule is COC(=O)Cn1c(-c2nn(C(=O)c3ccccc3OC)c(NCc3ccc(Cl)s3)c2F)cc(-c2ccncc2)cc1=O. The fourth-order valence-corrected chi connectivity index (χ4v) is 5.30. The quantitative estimate of drug-likeness (QED) is 0.230. The normalized spacial score (nSPS) is 10.9. The molecule has 0 aliphatic carbocycles. The van der Waals surface area contributed by atoms with Gasteiger partial charge in [-0.05, 0) is 53.6 Å². The number of carbonyl (C=O) groups excluding carboxylic acids is 2. The van der Waals surface area contributed by atoms with Crippen molar-refractivity contribution in [1.82, 2.24) is 19.3 Å². The van der Waals surface area contributed by atoms with Crippen molar-refractivity contribution < 1.29 is 23.5 Å². The van der Waals surface area contributed by atoms with E-state index in [0.717, 1.165) is 14.1 Å². The number of benzene rings is 1. The Kier molecular flexibility index (Phi) is 8.46. The first kappa shape index (κ1) is 28.7. The van der Waals surface area contributed by atoms with Crippen LogP contribution in [0.4, 0.5) is 10.2 Å². The molecular weight excluding hydrogens is 585 g/mol. The van der Waals surface area contributed by atoms with Crippen molar-refractivity contribution in [2.24, 2.45) is 0 Å². The van der Waals surface area contributed by atoms with E-state index in [1.807, 2.05) is 0 Å². The van der Waals surface area contributed by atoms with E-state index in [9.17, 15) is 14.4 Å². The highest BCUT2D eigenvalue weighted by Gasteiger charge is 2.28. The highest BCUT2D eigenvalue weighted by molar-refractivity contribution is 7.16. The van der Waals surface area contributed by atoms with Crippen molar-refractivity contribution in [2.75, 3.05) is 19.5 Å². The summed E-state index contributed by atoms with van der Waals surface area (Å²) in [5.41, 5.74) is 0.233. The third-order valence-electron chi connectivity index (χ3n) is 6.32. The molecule has 0 saturated heterocycles. The van der Waals surface area contributed by atoms with Crippen LogP contribution in [0.1, 0.15) is 15.2 Å². The molecule has 13 heteroatoms. The van der Waals surface area contributed by atoms with E-state index in [-0.39, 0.29) is 35.1 Å². The van der Waals surface area contributed by atoms with Crippen molar-refractivity contribution in [3.8, 4) is 28.3 Å². The first-order valence-corrected chi connectivity index (χ1v) is 13.7. The van der Waals surface area contributed by atoms with Gasteiger partial charge in [0.25, 0.3) is 11.5 Å². The summed E-state index contributed by atoms with van der Waals surface area (Å²) in [6.07, 6.45) is 3.10. The number of anilines is 1. The molecule has 4 heterocycles. The van der Waals surface area contributed by atoms with Crippen molar-refractivity contribution in [2.45, 2.75) is 13.1 Å². The van der Waals surface area contributed by atoms with Gasteiger partial charge in [0.05, 0.1) is 36.4 Å². The molecule has 1 N–H and O–H groups in total. The van der Waals surface area contributed by atoms with Crippen LogP contribution in [0, 0.1) is 5.82 Å². The number of para-hydroxylation sites is 1. The lowest BCUT2D eigenvalue weighted by Gasteiger charge is -2.12. The number of carbonyl (C=O) groups is 2. The number of hydrogen-bond donors (Lipinski definition) is 1. The molecule has 4 aromatic heterocycles. The molecule has 0 bridgehead atoms. The number of nitrogens with one attached hydrogen (secondary N) is 1. The van der Waals surface area contributed by atoms with Crippen molar-refractivity contribution in [3.63, 3.8) is 0 Å². The van der Waals surface area contributed by atoms with Crippen LogP contribution in [0.25, 0.3) is 22.5 Å². The van der Waals surface area contributed by atoms with E-state index >= 15 is 4.39 Å². The van der Waals surface area contributed by atoms with Crippen LogP contribution in [0.3, 0.4) is 0 Å². The van der Waals surface area contributed by atoms with Gasteiger partial charge in [0.1, 0.15) is 18.0 Å². The minimum Gasteiger partial charge on any atom is -0.496 e. The Balaban J connectivity index is 1.71. The topological polar surface area (TPSA) is 117 Å². The summed E-state index contributed by atoms with van der Waals surface area (Å²) in [4.78, 5) is 44.1. The molecule has 0 amide bonds. The maximum atomic E-state index is 16.4. The first-order valence-electron chi connectivity index (χ1n) is 12.5. The summed E-state index contributed by atoms with van der Waals surface area (Å²) in [5, 5.41) is 7.30. The Morgan fingerprint density at radius 2 is 1.81 bits per heavy atom. The van der Waals surface area contributed by atoms with Gasteiger partial charge >= 0.3 is 5.97 Å². The Hall–Kier alpha value is -4.81. The third kappa shape index (κ3) is 5.80. The lowest BCUT2D eigenvalue weighted by Crippen LogP contribution is -2.26. The molecular formula is C29H23ClFN5O5S. The average Bonchev–Trinajstić information content (AvgIpc) is 3.58. The van der Waals surface area contributed by atoms with Crippen molar-refractivity contribution in [1.29, 1.82) is 0 Å². The molecule has 0 saturated carbocycles. The number of nitrogens with zero attached hydrogens (tertiary/aromatic N) is 4. The van der Waals surface area contributed by atoms with E-state index in [2.05, 4.69) is 15.4 Å². The highest BCUT2D eigenvalue weighted by Crippen LogP contribution is 2.32. The van der Waals surface area contributed by atoms with Crippen LogP contribution in [0.2, 0.25) is 4.34 Å². The Bertz CT molecular complexity index is 1840. The second kappa shape index (κ2) is 12.4. The number of methoxy groups -OCH3 is 2. The summed E-state index contributed by atoms with van der Waals surface area (Å²) >= 11 is 7.35. The third-order valence-corrected chi connectivity index (χ3v) is 7.55. The maximum absolute atomic E-state index is 16.4. The predicted molar refractivity (Wildman–Crippen MR) is 157 cm³/mol. The number of pyridine rings is 2. The number of aromatic nitrogens is 4. The van der Waals surface area contributed by atoms with E-state index in [4.69, 9.17) is 21.1 Å². The van der Waals surface area contributed by atoms with Crippen LogP contribution >= 0.6 is 22.9 Å². The number of thiophene rings is 1. The Morgan fingerprint density at radius 3 is 2.50 bits per heavy atom. The zero-order chi connectivity index (χ0) is 29.8. The zero-order valence-corrected chi connectivity index (χ0v) is 23.9. The molecule has 5 aromatic rings. The Morgan fingerprint density at radius 1 is 1.05 bits per heavy atom. The summed E-state index contributed by atoms with van der Waals surface area (Å²) in [6.45, 7) is -0.380. The summed E-state index contributed by atoms with van der Waals surface area (Å²) in [5.74, 6) is -2.31. The largest absolute Gasteiger partial charge is 0.496 e. The lowest BCUT2D eigenvalue weighted by molar-refractivity contribution is -0.141. The average molecular weight is 608 g/mol. The van der Waals surface area contributed by atoms with Crippen LogP contribution in [-0.4, -0.2) is 45.4 Å². The number of ether oxygens (including phenoxy) is 2.